The van der Waals surface area contributed by atoms with Crippen molar-refractivity contribution in [2.75, 3.05) is 5.32 Å². The molecule has 2 aromatic heterocycles. The van der Waals surface area contributed by atoms with Gasteiger partial charge in [0.1, 0.15) is 5.60 Å². The first kappa shape index (κ1) is 18.4. The summed E-state index contributed by atoms with van der Waals surface area (Å²) in [6.07, 6.45) is 2.31. The third-order valence-corrected chi connectivity index (χ3v) is 4.35. The number of carbonyl (C=O) groups is 1. The molecule has 2 N–H and O–H groups in total. The molecule has 0 radical (unpaired) electrons. The Kier molecular flexibility index (Phi) is 4.34. The van der Waals surface area contributed by atoms with Gasteiger partial charge in [-0.2, -0.15) is 4.98 Å². The highest BCUT2D eigenvalue weighted by Crippen LogP contribution is 2.42. The summed E-state index contributed by atoms with van der Waals surface area (Å²) in [5.41, 5.74) is 1.12. The van der Waals surface area contributed by atoms with Gasteiger partial charge in [0.2, 0.25) is 5.28 Å². The molecule has 0 saturated carbocycles. The Bertz CT molecular complexity index is 859. The normalized spacial score (nSPS) is 15.7. The predicted octanol–water partition coefficient (Wildman–Crippen LogP) is 4.33. The van der Waals surface area contributed by atoms with Gasteiger partial charge in [-0.1, -0.05) is 0 Å². The van der Waals surface area contributed by atoms with Gasteiger partial charge in [-0.15, -0.1) is 0 Å². The van der Waals surface area contributed by atoms with Crippen molar-refractivity contribution in [2.24, 2.45) is 0 Å². The summed E-state index contributed by atoms with van der Waals surface area (Å²) >= 11 is 5.74. The summed E-state index contributed by atoms with van der Waals surface area (Å²) in [6.45, 7) is 9.63. The third kappa shape index (κ3) is 3.33. The number of nitrogens with zero attached hydrogens (tertiary/aromatic N) is 3. The molecule has 1 amide bonds. The van der Waals surface area contributed by atoms with Crippen LogP contribution in [0.5, 0.6) is 0 Å². The van der Waals surface area contributed by atoms with Gasteiger partial charge in [0.05, 0.1) is 24.0 Å². The molecule has 0 atom stereocenters. The summed E-state index contributed by atoms with van der Waals surface area (Å²) in [5, 5.41) is 2.86. The van der Waals surface area contributed by atoms with E-state index in [1.165, 1.54) is 0 Å². The lowest BCUT2D eigenvalue weighted by Crippen LogP contribution is -2.43. The molecule has 26 heavy (non-hydrogen) atoms. The van der Waals surface area contributed by atoms with E-state index < -0.39 is 23.1 Å². The van der Waals surface area contributed by atoms with E-state index in [2.05, 4.69) is 20.3 Å². The van der Waals surface area contributed by atoms with Crippen molar-refractivity contribution < 1.29 is 13.9 Å². The van der Waals surface area contributed by atoms with E-state index >= 15 is 0 Å². The molecule has 0 unspecified atom stereocenters. The zero-order valence-electron chi connectivity index (χ0n) is 15.3. The molecule has 2 aromatic rings. The number of ether oxygens (including phenoxy) is 1. The highest BCUT2D eigenvalue weighted by molar-refractivity contribution is 6.28. The van der Waals surface area contributed by atoms with Gasteiger partial charge in [0.15, 0.2) is 11.6 Å². The number of H-pyrrole nitrogens is 1. The molecule has 0 fully saturated rings. The van der Waals surface area contributed by atoms with Gasteiger partial charge in [0.25, 0.3) is 0 Å². The van der Waals surface area contributed by atoms with Crippen LogP contribution in [0.4, 0.5) is 20.7 Å². The third-order valence-electron chi connectivity index (χ3n) is 4.17. The van der Waals surface area contributed by atoms with E-state index in [1.54, 1.807) is 11.1 Å². The quantitative estimate of drug-likeness (QED) is 0.756. The number of nitrogens with one attached hydrogen (secondary N) is 2. The van der Waals surface area contributed by atoms with Crippen molar-refractivity contribution in [2.45, 2.75) is 52.3 Å². The molecule has 3 heterocycles. The molecule has 0 saturated heterocycles. The second-order valence-corrected chi connectivity index (χ2v) is 7.98. The molecule has 0 aromatic carbocycles. The molecule has 0 aliphatic carbocycles. The van der Waals surface area contributed by atoms with E-state index in [0.29, 0.717) is 12.2 Å². The number of rotatable bonds is 2. The van der Waals surface area contributed by atoms with Gasteiger partial charge in [-0.05, 0) is 46.2 Å². The Labute approximate surface area is 155 Å². The van der Waals surface area contributed by atoms with E-state index in [-0.39, 0.29) is 11.1 Å². The van der Waals surface area contributed by atoms with Crippen LogP contribution in [-0.4, -0.2) is 31.5 Å². The van der Waals surface area contributed by atoms with Crippen molar-refractivity contribution in [3.63, 3.8) is 0 Å². The second-order valence-electron chi connectivity index (χ2n) is 7.64. The fraction of sp³-hybridized carbons (Fsp3) is 0.471. The number of fused-ring (bicyclic) bond motifs is 1. The first-order valence-corrected chi connectivity index (χ1v) is 8.53. The van der Waals surface area contributed by atoms with Gasteiger partial charge in [-0.25, -0.2) is 14.2 Å². The number of hydrogen-bond donors (Lipinski definition) is 2. The first-order valence-electron chi connectivity index (χ1n) is 8.15. The standard InChI is InChI=1S/C17H21ClFN5O2/c1-16(2,3)26-15(25)24-8-9-11(7-20-12(9)17(24,4)5)22-13-10(19)6-21-14(18)23-13/h6-7,20H,8H2,1-5H3,(H,21,22,23). The highest BCUT2D eigenvalue weighted by Gasteiger charge is 2.44. The number of halogens is 2. The van der Waals surface area contributed by atoms with Crippen LogP contribution in [0.2, 0.25) is 5.28 Å². The van der Waals surface area contributed by atoms with Crippen LogP contribution in [0.15, 0.2) is 12.4 Å². The summed E-state index contributed by atoms with van der Waals surface area (Å²) in [5.74, 6) is -0.647. The van der Waals surface area contributed by atoms with Crippen LogP contribution in [-0.2, 0) is 16.8 Å². The minimum absolute atomic E-state index is 0.0275. The molecule has 0 spiro atoms. The van der Waals surface area contributed by atoms with Crippen LogP contribution in [0, 0.1) is 5.82 Å². The maximum absolute atomic E-state index is 13.9. The summed E-state index contributed by atoms with van der Waals surface area (Å²) < 4.78 is 19.4. The topological polar surface area (TPSA) is 83.1 Å². The largest absolute Gasteiger partial charge is 0.444 e. The molecule has 0 bridgehead atoms. The van der Waals surface area contributed by atoms with Crippen molar-refractivity contribution in [3.8, 4) is 0 Å². The molecular formula is C17H21ClFN5O2. The Morgan fingerprint density at radius 2 is 2.15 bits per heavy atom. The minimum atomic E-state index is -0.620. The maximum Gasteiger partial charge on any atom is 0.411 e. The van der Waals surface area contributed by atoms with E-state index in [4.69, 9.17) is 16.3 Å². The molecule has 7 nitrogen and oxygen atoms in total. The average molecular weight is 382 g/mol. The van der Waals surface area contributed by atoms with E-state index in [0.717, 1.165) is 17.5 Å². The Hall–Kier alpha value is -2.35. The molecule has 1 aliphatic rings. The first-order chi connectivity index (χ1) is 12.0. The zero-order valence-corrected chi connectivity index (χ0v) is 16.0. The molecular weight excluding hydrogens is 361 g/mol. The number of amides is 1. The Morgan fingerprint density at radius 1 is 1.46 bits per heavy atom. The molecule has 3 rings (SSSR count). The molecule has 9 heteroatoms. The van der Waals surface area contributed by atoms with E-state index in [1.807, 2.05) is 34.6 Å². The van der Waals surface area contributed by atoms with Crippen molar-refractivity contribution >= 4 is 29.2 Å². The lowest BCUT2D eigenvalue weighted by molar-refractivity contribution is 0.00465. The monoisotopic (exact) mass is 381 g/mol. The Balaban J connectivity index is 1.89. The maximum atomic E-state index is 13.9. The summed E-state index contributed by atoms with van der Waals surface area (Å²) in [4.78, 5) is 24.8. The van der Waals surface area contributed by atoms with Crippen LogP contribution in [0.1, 0.15) is 45.9 Å². The van der Waals surface area contributed by atoms with Crippen LogP contribution in [0.3, 0.4) is 0 Å². The van der Waals surface area contributed by atoms with Gasteiger partial charge in [0, 0.05) is 17.5 Å². The average Bonchev–Trinajstić information content (AvgIpc) is 3.00. The summed E-state index contributed by atoms with van der Waals surface area (Å²) in [6, 6.07) is 0. The number of aromatic nitrogens is 3. The van der Waals surface area contributed by atoms with Gasteiger partial charge in [-0.3, -0.25) is 4.90 Å². The molecule has 1 aliphatic heterocycles. The SMILES string of the molecule is CC(C)(C)OC(=O)N1Cc2c(Nc3nc(Cl)ncc3F)c[nH]c2C1(C)C. The van der Waals surface area contributed by atoms with Gasteiger partial charge < -0.3 is 15.0 Å². The van der Waals surface area contributed by atoms with Crippen LogP contribution >= 0.6 is 11.6 Å². The number of hydrogen-bond acceptors (Lipinski definition) is 5. The lowest BCUT2D eigenvalue weighted by Gasteiger charge is -2.33. The smallest absolute Gasteiger partial charge is 0.411 e. The second kappa shape index (κ2) is 6.12. The summed E-state index contributed by atoms with van der Waals surface area (Å²) in [7, 11) is 0. The number of anilines is 2. The van der Waals surface area contributed by atoms with Gasteiger partial charge >= 0.3 is 6.09 Å². The van der Waals surface area contributed by atoms with Crippen molar-refractivity contribution in [1.29, 1.82) is 0 Å². The van der Waals surface area contributed by atoms with E-state index in [9.17, 15) is 9.18 Å². The lowest BCUT2D eigenvalue weighted by atomic mass is 10.0. The van der Waals surface area contributed by atoms with Crippen LogP contribution in [0.25, 0.3) is 0 Å². The fourth-order valence-electron chi connectivity index (χ4n) is 2.94. The van der Waals surface area contributed by atoms with Crippen LogP contribution < -0.4 is 5.32 Å². The minimum Gasteiger partial charge on any atom is -0.444 e. The Morgan fingerprint density at radius 3 is 2.81 bits per heavy atom. The fourth-order valence-corrected chi connectivity index (χ4v) is 3.07. The predicted molar refractivity (Wildman–Crippen MR) is 95.9 cm³/mol. The van der Waals surface area contributed by atoms with Crippen molar-refractivity contribution in [1.82, 2.24) is 19.9 Å². The zero-order chi connectivity index (χ0) is 19.3. The molecule has 140 valence electrons. The highest BCUT2D eigenvalue weighted by atomic mass is 35.5. The van der Waals surface area contributed by atoms with Crippen molar-refractivity contribution in [3.05, 3.63) is 34.8 Å². The number of carbonyl (C=O) groups excluding carboxylic acids is 1. The number of aromatic amines is 1.